The Bertz CT molecular complexity index is 560. The number of nitrogens with zero attached hydrogens (tertiary/aromatic N) is 1. The number of hydrogen-bond acceptors (Lipinski definition) is 3. The number of aryl methyl sites for hydroxylation is 1. The van der Waals surface area contributed by atoms with E-state index in [2.05, 4.69) is 0 Å². The van der Waals surface area contributed by atoms with Crippen LogP contribution in [0.5, 0.6) is 0 Å². The molecule has 4 nitrogen and oxygen atoms in total. The van der Waals surface area contributed by atoms with Gasteiger partial charge in [0.05, 0.1) is 17.5 Å². The topological polar surface area (TPSA) is 46.6 Å². The van der Waals surface area contributed by atoms with Crippen molar-refractivity contribution in [2.24, 2.45) is 0 Å². The molecule has 0 radical (unpaired) electrons. The number of alkyl halides is 1. The van der Waals surface area contributed by atoms with Crippen molar-refractivity contribution in [1.82, 2.24) is 4.31 Å². The fraction of sp³-hybridized carbons (Fsp3) is 0.600. The first-order chi connectivity index (χ1) is 9.82. The number of ether oxygens (including phenoxy) is 1. The van der Waals surface area contributed by atoms with Crippen molar-refractivity contribution in [1.29, 1.82) is 0 Å². The molecule has 0 bridgehead atoms. The molecular formula is C15H22ClNO3S. The smallest absolute Gasteiger partial charge is 0.214 e. The van der Waals surface area contributed by atoms with Crippen LogP contribution in [0.2, 0.25) is 0 Å². The SMILES string of the molecule is CC1(C)CN(S(=O)(=O)CCc2ccccc2)CC(CCl)O1. The fourth-order valence-corrected chi connectivity index (χ4v) is 4.37. The van der Waals surface area contributed by atoms with E-state index in [0.717, 1.165) is 5.56 Å². The van der Waals surface area contributed by atoms with E-state index in [1.54, 1.807) is 0 Å². The number of rotatable bonds is 5. The van der Waals surface area contributed by atoms with Gasteiger partial charge in [0.2, 0.25) is 10.0 Å². The summed E-state index contributed by atoms with van der Waals surface area (Å²) in [5.74, 6) is 0.413. The molecule has 118 valence electrons. The van der Waals surface area contributed by atoms with E-state index < -0.39 is 15.6 Å². The molecule has 2 rings (SSSR count). The summed E-state index contributed by atoms with van der Waals surface area (Å²) >= 11 is 5.85. The molecule has 1 aliphatic heterocycles. The predicted octanol–water partition coefficient (Wildman–Crippen LogP) is 2.28. The van der Waals surface area contributed by atoms with Gasteiger partial charge in [0, 0.05) is 19.0 Å². The second-order valence-corrected chi connectivity index (χ2v) is 8.40. The van der Waals surface area contributed by atoms with Gasteiger partial charge in [0.25, 0.3) is 0 Å². The lowest BCUT2D eigenvalue weighted by atomic mass is 10.1. The van der Waals surface area contributed by atoms with Gasteiger partial charge in [0.1, 0.15) is 0 Å². The quantitative estimate of drug-likeness (QED) is 0.778. The summed E-state index contributed by atoms with van der Waals surface area (Å²) in [6, 6.07) is 9.65. The Labute approximate surface area is 132 Å². The van der Waals surface area contributed by atoms with Crippen LogP contribution in [0.15, 0.2) is 30.3 Å². The molecule has 0 N–H and O–H groups in total. The van der Waals surface area contributed by atoms with Crippen molar-refractivity contribution in [3.63, 3.8) is 0 Å². The van der Waals surface area contributed by atoms with E-state index in [0.29, 0.717) is 25.4 Å². The molecule has 1 atom stereocenters. The average molecular weight is 332 g/mol. The lowest BCUT2D eigenvalue weighted by Gasteiger charge is -2.41. The highest BCUT2D eigenvalue weighted by Crippen LogP contribution is 2.24. The second-order valence-electron chi connectivity index (χ2n) is 6.00. The Morgan fingerprint density at radius 2 is 2.00 bits per heavy atom. The summed E-state index contributed by atoms with van der Waals surface area (Å²) < 4.78 is 32.4. The van der Waals surface area contributed by atoms with Gasteiger partial charge in [-0.05, 0) is 25.8 Å². The minimum atomic E-state index is -3.30. The highest BCUT2D eigenvalue weighted by molar-refractivity contribution is 7.89. The molecule has 1 heterocycles. The van der Waals surface area contributed by atoms with Gasteiger partial charge in [-0.3, -0.25) is 0 Å². The molecule has 1 fully saturated rings. The Kier molecular flexibility index (Phi) is 5.30. The summed E-state index contributed by atoms with van der Waals surface area (Å²) in [6.07, 6.45) is 0.272. The number of sulfonamides is 1. The van der Waals surface area contributed by atoms with Crippen LogP contribution in [0, 0.1) is 0 Å². The Hall–Kier alpha value is -0.620. The van der Waals surface area contributed by atoms with Gasteiger partial charge in [-0.2, -0.15) is 4.31 Å². The minimum absolute atomic E-state index is 0.113. The Balaban J connectivity index is 2.04. The van der Waals surface area contributed by atoms with Crippen LogP contribution in [0.3, 0.4) is 0 Å². The van der Waals surface area contributed by atoms with E-state index >= 15 is 0 Å². The first-order valence-corrected chi connectivity index (χ1v) is 9.22. The van der Waals surface area contributed by atoms with Crippen LogP contribution in [0.1, 0.15) is 19.4 Å². The molecule has 1 aromatic rings. The van der Waals surface area contributed by atoms with Gasteiger partial charge in [0.15, 0.2) is 0 Å². The Morgan fingerprint density at radius 3 is 2.62 bits per heavy atom. The van der Waals surface area contributed by atoms with Crippen molar-refractivity contribution in [3.05, 3.63) is 35.9 Å². The zero-order valence-electron chi connectivity index (χ0n) is 12.5. The van der Waals surface area contributed by atoms with Crippen molar-refractivity contribution in [2.75, 3.05) is 24.7 Å². The number of halogens is 1. The lowest BCUT2D eigenvalue weighted by molar-refractivity contribution is -0.107. The van der Waals surface area contributed by atoms with E-state index in [-0.39, 0.29) is 11.9 Å². The number of morpholine rings is 1. The van der Waals surface area contributed by atoms with Gasteiger partial charge in [-0.25, -0.2) is 8.42 Å². The summed E-state index contributed by atoms with van der Waals surface area (Å²) in [5, 5.41) is 0. The summed E-state index contributed by atoms with van der Waals surface area (Å²) in [6.45, 7) is 4.50. The molecule has 1 unspecified atom stereocenters. The maximum atomic E-state index is 12.5. The largest absolute Gasteiger partial charge is 0.368 e. The minimum Gasteiger partial charge on any atom is -0.368 e. The highest BCUT2D eigenvalue weighted by atomic mass is 35.5. The molecule has 1 aliphatic rings. The molecule has 1 aromatic carbocycles. The fourth-order valence-electron chi connectivity index (χ4n) is 2.55. The zero-order chi connectivity index (χ0) is 15.5. The third-order valence-corrected chi connectivity index (χ3v) is 5.64. The summed E-state index contributed by atoms with van der Waals surface area (Å²) in [7, 11) is -3.30. The first kappa shape index (κ1) is 16.7. The normalized spacial score (nSPS) is 23.1. The molecule has 0 spiro atoms. The number of hydrogen-bond donors (Lipinski definition) is 0. The highest BCUT2D eigenvalue weighted by Gasteiger charge is 2.38. The van der Waals surface area contributed by atoms with Crippen molar-refractivity contribution < 1.29 is 13.2 Å². The van der Waals surface area contributed by atoms with Crippen LogP contribution in [-0.4, -0.2) is 49.2 Å². The van der Waals surface area contributed by atoms with E-state index in [1.165, 1.54) is 4.31 Å². The molecule has 6 heteroatoms. The average Bonchev–Trinajstić information content (AvgIpc) is 2.44. The standard InChI is InChI=1S/C15H22ClNO3S/c1-15(2)12-17(11-14(10-16)20-15)21(18,19)9-8-13-6-4-3-5-7-13/h3-7,14H,8-12H2,1-2H3. The van der Waals surface area contributed by atoms with E-state index in [1.807, 2.05) is 44.2 Å². The van der Waals surface area contributed by atoms with Gasteiger partial charge in [-0.1, -0.05) is 30.3 Å². The van der Waals surface area contributed by atoms with Crippen molar-refractivity contribution >= 4 is 21.6 Å². The van der Waals surface area contributed by atoms with Crippen LogP contribution >= 0.6 is 11.6 Å². The van der Waals surface area contributed by atoms with Gasteiger partial charge in [-0.15, -0.1) is 11.6 Å². The van der Waals surface area contributed by atoms with Gasteiger partial charge < -0.3 is 4.74 Å². The summed E-state index contributed by atoms with van der Waals surface area (Å²) in [4.78, 5) is 0. The van der Waals surface area contributed by atoms with Crippen LogP contribution in [0.25, 0.3) is 0 Å². The molecule has 0 amide bonds. The molecule has 0 saturated carbocycles. The van der Waals surface area contributed by atoms with Crippen molar-refractivity contribution in [2.45, 2.75) is 32.0 Å². The van der Waals surface area contributed by atoms with Gasteiger partial charge >= 0.3 is 0 Å². The molecule has 1 saturated heterocycles. The molecular weight excluding hydrogens is 310 g/mol. The van der Waals surface area contributed by atoms with Crippen LogP contribution in [-0.2, 0) is 21.2 Å². The summed E-state index contributed by atoms with van der Waals surface area (Å²) in [5.41, 5.74) is 0.528. The number of benzene rings is 1. The van der Waals surface area contributed by atoms with E-state index in [4.69, 9.17) is 16.3 Å². The molecule has 0 aliphatic carbocycles. The second kappa shape index (κ2) is 6.65. The lowest BCUT2D eigenvalue weighted by Crippen LogP contribution is -2.55. The Morgan fingerprint density at radius 1 is 1.33 bits per heavy atom. The monoisotopic (exact) mass is 331 g/mol. The third kappa shape index (κ3) is 4.68. The maximum Gasteiger partial charge on any atom is 0.214 e. The van der Waals surface area contributed by atoms with Crippen LogP contribution < -0.4 is 0 Å². The van der Waals surface area contributed by atoms with E-state index in [9.17, 15) is 8.42 Å². The van der Waals surface area contributed by atoms with Crippen LogP contribution in [0.4, 0.5) is 0 Å². The first-order valence-electron chi connectivity index (χ1n) is 7.08. The predicted molar refractivity (Wildman–Crippen MR) is 85.2 cm³/mol. The molecule has 21 heavy (non-hydrogen) atoms. The maximum absolute atomic E-state index is 12.5. The molecule has 0 aromatic heterocycles. The van der Waals surface area contributed by atoms with Crippen molar-refractivity contribution in [3.8, 4) is 0 Å². The third-order valence-electron chi connectivity index (χ3n) is 3.51. The zero-order valence-corrected chi connectivity index (χ0v) is 14.0.